The molecule has 0 saturated carbocycles. The molecule has 0 spiro atoms. The number of unbranched alkanes of at least 4 members (excludes halogenated alkanes) is 1. The van der Waals surface area contributed by atoms with Gasteiger partial charge in [0.1, 0.15) is 24.5 Å². The van der Waals surface area contributed by atoms with E-state index in [9.17, 15) is 19.2 Å². The molecule has 9 heteroatoms. The van der Waals surface area contributed by atoms with Crippen LogP contribution in [-0.2, 0) is 25.7 Å². The summed E-state index contributed by atoms with van der Waals surface area (Å²) in [5, 5.41) is 7.51. The van der Waals surface area contributed by atoms with Crippen LogP contribution < -0.4 is 21.7 Å². The highest BCUT2D eigenvalue weighted by atomic mass is 16.5. The van der Waals surface area contributed by atoms with E-state index >= 15 is 0 Å². The Balaban J connectivity index is 2.59. The molecule has 0 fully saturated rings. The van der Waals surface area contributed by atoms with E-state index in [1.807, 2.05) is 30.3 Å². The second kappa shape index (κ2) is 13.3. The highest BCUT2D eigenvalue weighted by molar-refractivity contribution is 5.92. The van der Waals surface area contributed by atoms with Gasteiger partial charge in [0.2, 0.25) is 11.8 Å². The van der Waals surface area contributed by atoms with E-state index in [0.717, 1.165) is 5.56 Å². The number of nitrogens with one attached hydrogen (secondary N) is 3. The average molecular weight is 406 g/mol. The Morgan fingerprint density at radius 3 is 2.34 bits per heavy atom. The molecular formula is C20H30N4O5. The fourth-order valence-corrected chi connectivity index (χ4v) is 2.41. The molecule has 0 aromatic heterocycles. The third kappa shape index (κ3) is 10.2. The monoisotopic (exact) mass is 406 g/mol. The number of benzene rings is 1. The van der Waals surface area contributed by atoms with Gasteiger partial charge in [0.15, 0.2) is 0 Å². The smallest absolute Gasteiger partial charge is 0.408 e. The Kier molecular flexibility index (Phi) is 11.0. The van der Waals surface area contributed by atoms with Gasteiger partial charge < -0.3 is 26.4 Å². The molecule has 0 radical (unpaired) electrons. The number of hydrogen-bond acceptors (Lipinski definition) is 6. The van der Waals surface area contributed by atoms with Crippen molar-refractivity contribution >= 4 is 23.7 Å². The first-order valence-corrected chi connectivity index (χ1v) is 9.58. The molecule has 1 rings (SSSR count). The van der Waals surface area contributed by atoms with Gasteiger partial charge in [0, 0.05) is 0 Å². The van der Waals surface area contributed by atoms with Crippen LogP contribution in [0.25, 0.3) is 0 Å². The van der Waals surface area contributed by atoms with E-state index in [1.165, 1.54) is 13.8 Å². The summed E-state index contributed by atoms with van der Waals surface area (Å²) in [5.41, 5.74) is 6.31. The summed E-state index contributed by atoms with van der Waals surface area (Å²) in [6.45, 7) is 3.29. The largest absolute Gasteiger partial charge is 0.445 e. The molecule has 0 aliphatic carbocycles. The molecule has 1 aromatic rings. The predicted octanol–water partition coefficient (Wildman–Crippen LogP) is 0.620. The Hall–Kier alpha value is -2.94. The van der Waals surface area contributed by atoms with E-state index in [1.54, 1.807) is 0 Å². The van der Waals surface area contributed by atoms with Crippen molar-refractivity contribution in [2.24, 2.45) is 5.73 Å². The van der Waals surface area contributed by atoms with Gasteiger partial charge in [-0.3, -0.25) is 14.4 Å². The first kappa shape index (κ1) is 24.1. The Morgan fingerprint density at radius 1 is 1.03 bits per heavy atom. The fourth-order valence-electron chi connectivity index (χ4n) is 2.41. The van der Waals surface area contributed by atoms with Gasteiger partial charge in [-0.15, -0.1) is 0 Å². The molecule has 0 bridgehead atoms. The number of Topliss-reactive ketones (excluding diaryl/α,β-unsaturated/α-hetero) is 1. The van der Waals surface area contributed by atoms with Crippen LogP contribution in [0.1, 0.15) is 38.7 Å². The zero-order valence-electron chi connectivity index (χ0n) is 16.9. The molecule has 29 heavy (non-hydrogen) atoms. The van der Waals surface area contributed by atoms with Gasteiger partial charge in [-0.1, -0.05) is 30.3 Å². The van der Waals surface area contributed by atoms with Crippen LogP contribution in [0.3, 0.4) is 0 Å². The van der Waals surface area contributed by atoms with Gasteiger partial charge in [0.05, 0.1) is 6.54 Å². The summed E-state index contributed by atoms with van der Waals surface area (Å²) in [6.07, 6.45) is 0.943. The average Bonchev–Trinajstić information content (AvgIpc) is 2.70. The first-order chi connectivity index (χ1) is 13.8. The number of carbonyl (C=O) groups is 4. The maximum atomic E-state index is 12.5. The zero-order valence-corrected chi connectivity index (χ0v) is 16.9. The van der Waals surface area contributed by atoms with E-state index in [0.29, 0.717) is 25.8 Å². The zero-order chi connectivity index (χ0) is 21.6. The molecule has 9 nitrogen and oxygen atoms in total. The molecule has 0 aliphatic rings. The second-order valence-corrected chi connectivity index (χ2v) is 6.69. The number of amides is 3. The van der Waals surface area contributed by atoms with Gasteiger partial charge in [-0.05, 0) is 45.2 Å². The van der Waals surface area contributed by atoms with Crippen molar-refractivity contribution in [3.8, 4) is 0 Å². The number of rotatable bonds is 12. The maximum absolute atomic E-state index is 12.5. The van der Waals surface area contributed by atoms with Crippen LogP contribution in [0.2, 0.25) is 0 Å². The van der Waals surface area contributed by atoms with Crippen molar-refractivity contribution in [1.82, 2.24) is 16.0 Å². The van der Waals surface area contributed by atoms with Crippen LogP contribution in [0.4, 0.5) is 4.79 Å². The highest BCUT2D eigenvalue weighted by Crippen LogP contribution is 2.04. The predicted molar refractivity (Wildman–Crippen MR) is 108 cm³/mol. The SMILES string of the molecule is CC(=O)CNC(=O)[C@H](C)NC(=O)[C@H](CCCCN)NC(=O)OCc1ccccc1. The van der Waals surface area contributed by atoms with Gasteiger partial charge in [0.25, 0.3) is 0 Å². The van der Waals surface area contributed by atoms with Crippen LogP contribution >= 0.6 is 0 Å². The van der Waals surface area contributed by atoms with Crippen LogP contribution in [-0.4, -0.2) is 48.9 Å². The molecule has 0 unspecified atom stereocenters. The summed E-state index contributed by atoms with van der Waals surface area (Å²) in [7, 11) is 0. The van der Waals surface area contributed by atoms with E-state index in [2.05, 4.69) is 16.0 Å². The lowest BCUT2D eigenvalue weighted by Gasteiger charge is -2.21. The molecule has 2 atom stereocenters. The highest BCUT2D eigenvalue weighted by Gasteiger charge is 2.24. The number of ether oxygens (including phenoxy) is 1. The number of carbonyl (C=O) groups excluding carboxylic acids is 4. The number of nitrogens with two attached hydrogens (primary N) is 1. The van der Waals surface area contributed by atoms with Gasteiger partial charge >= 0.3 is 6.09 Å². The lowest BCUT2D eigenvalue weighted by atomic mass is 10.1. The quantitative estimate of drug-likeness (QED) is 0.375. The summed E-state index contributed by atoms with van der Waals surface area (Å²) in [5.74, 6) is -1.19. The Labute approximate surface area is 170 Å². The molecule has 0 aliphatic heterocycles. The molecule has 5 N–H and O–H groups in total. The molecule has 160 valence electrons. The van der Waals surface area contributed by atoms with Gasteiger partial charge in [-0.25, -0.2) is 4.79 Å². The van der Waals surface area contributed by atoms with Crippen molar-refractivity contribution < 1.29 is 23.9 Å². The Bertz CT molecular complexity index is 681. The van der Waals surface area contributed by atoms with Crippen LogP contribution in [0.5, 0.6) is 0 Å². The number of alkyl carbamates (subject to hydrolysis) is 1. The van der Waals surface area contributed by atoms with Crippen molar-refractivity contribution in [3.05, 3.63) is 35.9 Å². The maximum Gasteiger partial charge on any atom is 0.408 e. The lowest BCUT2D eigenvalue weighted by molar-refractivity contribution is -0.130. The lowest BCUT2D eigenvalue weighted by Crippen LogP contribution is -2.53. The van der Waals surface area contributed by atoms with Gasteiger partial charge in [-0.2, -0.15) is 0 Å². The minimum Gasteiger partial charge on any atom is -0.445 e. The summed E-state index contributed by atoms with van der Waals surface area (Å²) < 4.78 is 5.16. The molecule has 1 aromatic carbocycles. The fraction of sp³-hybridized carbons (Fsp3) is 0.500. The van der Waals surface area contributed by atoms with Crippen molar-refractivity contribution in [3.63, 3.8) is 0 Å². The van der Waals surface area contributed by atoms with E-state index < -0.39 is 30.0 Å². The van der Waals surface area contributed by atoms with Crippen LogP contribution in [0.15, 0.2) is 30.3 Å². The third-order valence-corrected chi connectivity index (χ3v) is 4.03. The minimum absolute atomic E-state index is 0.0771. The number of ketones is 1. The van der Waals surface area contributed by atoms with E-state index in [4.69, 9.17) is 10.5 Å². The summed E-state index contributed by atoms with van der Waals surface area (Å²) >= 11 is 0. The van der Waals surface area contributed by atoms with E-state index in [-0.39, 0.29) is 18.9 Å². The van der Waals surface area contributed by atoms with Crippen LogP contribution in [0, 0.1) is 0 Å². The topological polar surface area (TPSA) is 140 Å². The molecule has 0 saturated heterocycles. The van der Waals surface area contributed by atoms with Crippen molar-refractivity contribution in [1.29, 1.82) is 0 Å². The third-order valence-electron chi connectivity index (χ3n) is 4.03. The molecule has 0 heterocycles. The normalized spacial score (nSPS) is 12.4. The summed E-state index contributed by atoms with van der Waals surface area (Å²) in [4.78, 5) is 47.5. The number of hydrogen-bond donors (Lipinski definition) is 4. The Morgan fingerprint density at radius 2 is 1.72 bits per heavy atom. The first-order valence-electron chi connectivity index (χ1n) is 9.58. The molecule has 3 amide bonds. The summed E-state index contributed by atoms with van der Waals surface area (Å²) in [6, 6.07) is 7.43. The standard InChI is InChI=1S/C20H30N4O5/c1-14(25)12-22-18(26)15(2)23-19(27)17(10-6-7-11-21)24-20(28)29-13-16-8-4-3-5-9-16/h3-5,8-9,15,17H,6-7,10-13,21H2,1-2H3,(H,22,26)(H,23,27)(H,24,28)/t15-,17-/m0/s1. The minimum atomic E-state index is -0.868. The van der Waals surface area contributed by atoms with Crippen molar-refractivity contribution in [2.45, 2.75) is 51.8 Å². The second-order valence-electron chi connectivity index (χ2n) is 6.69. The van der Waals surface area contributed by atoms with Crippen molar-refractivity contribution in [2.75, 3.05) is 13.1 Å². The molecular weight excluding hydrogens is 376 g/mol.